The fourth-order valence-corrected chi connectivity index (χ4v) is 2.14. The average Bonchev–Trinajstić information content (AvgIpc) is 2.71. The number of carbonyl (C=O) groups excluding carboxylic acids is 1. The molecule has 2 aromatic rings. The number of carboxylic acids is 1. The highest BCUT2D eigenvalue weighted by atomic mass is 16.4. The normalized spacial score (nSPS) is 14.3. The molecule has 0 saturated carbocycles. The molecule has 92 valence electrons. The Hall–Kier alpha value is -2.64. The fourth-order valence-electron chi connectivity index (χ4n) is 2.14. The fraction of sp³-hybridized carbons (Fsp3) is 0.200. The number of hydrogen-bond donors (Lipinski definition) is 3. The Morgan fingerprint density at radius 3 is 2.94 bits per heavy atom. The van der Waals surface area contributed by atoms with Gasteiger partial charge in [0.15, 0.2) is 5.69 Å². The molecule has 1 aliphatic rings. The number of hydrogen-bond acceptors (Lipinski definition) is 4. The maximum absolute atomic E-state index is 11.6. The summed E-state index contributed by atoms with van der Waals surface area (Å²) in [6, 6.07) is 1.39. The van der Waals surface area contributed by atoms with Crippen molar-refractivity contribution in [3.8, 4) is 0 Å². The first kappa shape index (κ1) is 10.5. The van der Waals surface area contributed by atoms with Crippen LogP contribution in [0.5, 0.6) is 0 Å². The molecule has 2 aromatic heterocycles. The summed E-state index contributed by atoms with van der Waals surface area (Å²) in [5, 5.41) is 17.5. The lowest BCUT2D eigenvalue weighted by Gasteiger charge is -2.16. The summed E-state index contributed by atoms with van der Waals surface area (Å²) in [7, 11) is 0. The molecule has 3 rings (SSSR count). The third-order valence-electron chi connectivity index (χ3n) is 2.89. The number of aromatic carboxylic acids is 1. The van der Waals surface area contributed by atoms with Gasteiger partial charge in [0.1, 0.15) is 5.69 Å². The second-order valence-electron chi connectivity index (χ2n) is 3.91. The number of carbonyl (C=O) groups is 2. The molecule has 0 fully saturated rings. The van der Waals surface area contributed by atoms with Crippen LogP contribution < -0.4 is 10.9 Å². The molecular formula is C10H8N4O4. The first-order chi connectivity index (χ1) is 8.59. The average molecular weight is 248 g/mol. The van der Waals surface area contributed by atoms with Gasteiger partial charge < -0.3 is 15.0 Å². The van der Waals surface area contributed by atoms with Crippen molar-refractivity contribution in [1.29, 1.82) is 0 Å². The lowest BCUT2D eigenvalue weighted by atomic mass is 10.3. The van der Waals surface area contributed by atoms with Crippen molar-refractivity contribution in [3.63, 3.8) is 0 Å². The van der Waals surface area contributed by atoms with Crippen LogP contribution in [0.3, 0.4) is 0 Å². The van der Waals surface area contributed by atoms with E-state index < -0.39 is 11.5 Å². The van der Waals surface area contributed by atoms with Crippen LogP contribution in [0, 0.1) is 0 Å². The van der Waals surface area contributed by atoms with Gasteiger partial charge in [-0.3, -0.25) is 9.59 Å². The van der Waals surface area contributed by atoms with Crippen molar-refractivity contribution in [2.75, 3.05) is 6.54 Å². The van der Waals surface area contributed by atoms with Crippen molar-refractivity contribution in [2.24, 2.45) is 0 Å². The van der Waals surface area contributed by atoms with E-state index in [1.807, 2.05) is 0 Å². The van der Waals surface area contributed by atoms with Crippen LogP contribution in [0.1, 0.15) is 21.0 Å². The monoisotopic (exact) mass is 248 g/mol. The molecule has 0 aliphatic carbocycles. The molecule has 0 radical (unpaired) electrons. The Kier molecular flexibility index (Phi) is 2.00. The second-order valence-corrected chi connectivity index (χ2v) is 3.91. The van der Waals surface area contributed by atoms with Crippen LogP contribution in [-0.2, 0) is 6.54 Å². The van der Waals surface area contributed by atoms with Gasteiger partial charge in [0.2, 0.25) is 0 Å². The zero-order valence-corrected chi connectivity index (χ0v) is 9.06. The molecule has 8 heteroatoms. The van der Waals surface area contributed by atoms with Gasteiger partial charge in [-0.1, -0.05) is 0 Å². The van der Waals surface area contributed by atoms with Gasteiger partial charge in [-0.25, -0.2) is 9.89 Å². The first-order valence-electron chi connectivity index (χ1n) is 5.23. The van der Waals surface area contributed by atoms with Crippen LogP contribution in [0.2, 0.25) is 0 Å². The molecule has 0 spiro atoms. The Bertz CT molecular complexity index is 742. The van der Waals surface area contributed by atoms with E-state index in [1.165, 1.54) is 10.6 Å². The first-order valence-corrected chi connectivity index (χ1v) is 5.23. The molecule has 3 heterocycles. The number of H-pyrrole nitrogens is 1. The Balaban J connectivity index is 2.48. The summed E-state index contributed by atoms with van der Waals surface area (Å²) in [5.74, 6) is -1.57. The lowest BCUT2D eigenvalue weighted by molar-refractivity contribution is 0.0690. The van der Waals surface area contributed by atoms with E-state index in [-0.39, 0.29) is 28.2 Å². The minimum absolute atomic E-state index is 0.162. The zero-order valence-electron chi connectivity index (χ0n) is 9.06. The van der Waals surface area contributed by atoms with E-state index in [0.29, 0.717) is 13.1 Å². The predicted molar refractivity (Wildman–Crippen MR) is 59.6 cm³/mol. The third kappa shape index (κ3) is 1.25. The summed E-state index contributed by atoms with van der Waals surface area (Å²) in [6.07, 6.45) is 0. The number of aromatic amines is 1. The molecule has 0 saturated heterocycles. The minimum Gasteiger partial charge on any atom is -0.476 e. The molecule has 8 nitrogen and oxygen atoms in total. The van der Waals surface area contributed by atoms with E-state index in [0.717, 1.165) is 0 Å². The number of fused-ring (bicyclic) bond motifs is 3. The predicted octanol–water partition coefficient (Wildman–Crippen LogP) is -0.834. The van der Waals surface area contributed by atoms with E-state index in [2.05, 4.69) is 15.5 Å². The summed E-state index contributed by atoms with van der Waals surface area (Å²) < 4.78 is 1.51. The van der Waals surface area contributed by atoms with Gasteiger partial charge >= 0.3 is 5.97 Å². The summed E-state index contributed by atoms with van der Waals surface area (Å²) in [4.78, 5) is 34.4. The number of rotatable bonds is 1. The standard InChI is InChI=1S/C10H8N4O4/c15-8-4-3-5-9(16)11-1-2-14(5)7(4)6(10(17)18)12-13-8/h3H,1-2H2,(H,11,16)(H,13,15)(H,17,18). The van der Waals surface area contributed by atoms with Crippen LogP contribution >= 0.6 is 0 Å². The van der Waals surface area contributed by atoms with Crippen molar-refractivity contribution < 1.29 is 14.7 Å². The number of aromatic nitrogens is 3. The van der Waals surface area contributed by atoms with Gasteiger partial charge in [0.25, 0.3) is 11.5 Å². The summed E-state index contributed by atoms with van der Waals surface area (Å²) in [6.45, 7) is 0.803. The molecule has 18 heavy (non-hydrogen) atoms. The largest absolute Gasteiger partial charge is 0.476 e. The van der Waals surface area contributed by atoms with Crippen LogP contribution in [-0.4, -0.2) is 38.3 Å². The van der Waals surface area contributed by atoms with E-state index in [4.69, 9.17) is 5.11 Å². The van der Waals surface area contributed by atoms with Crippen molar-refractivity contribution in [1.82, 2.24) is 20.1 Å². The Morgan fingerprint density at radius 1 is 1.44 bits per heavy atom. The molecule has 1 aliphatic heterocycles. The van der Waals surface area contributed by atoms with E-state index >= 15 is 0 Å². The highest BCUT2D eigenvalue weighted by molar-refractivity contribution is 6.05. The van der Waals surface area contributed by atoms with Gasteiger partial charge in [-0.2, -0.15) is 5.10 Å². The van der Waals surface area contributed by atoms with Crippen molar-refractivity contribution in [3.05, 3.63) is 27.8 Å². The van der Waals surface area contributed by atoms with Crippen LogP contribution in [0.4, 0.5) is 0 Å². The third-order valence-corrected chi connectivity index (χ3v) is 2.89. The van der Waals surface area contributed by atoms with Gasteiger partial charge in [0.05, 0.1) is 10.9 Å². The Morgan fingerprint density at radius 2 is 2.22 bits per heavy atom. The number of carboxylic acid groups (broad SMARTS) is 1. The number of nitrogens with zero attached hydrogens (tertiary/aromatic N) is 2. The molecule has 3 N–H and O–H groups in total. The highest BCUT2D eigenvalue weighted by Gasteiger charge is 2.25. The van der Waals surface area contributed by atoms with E-state index in [9.17, 15) is 14.4 Å². The maximum atomic E-state index is 11.6. The SMILES string of the molecule is O=C(O)c1n[nH]c(=O)c2cc3n(c12)CCNC3=O. The highest BCUT2D eigenvalue weighted by Crippen LogP contribution is 2.20. The van der Waals surface area contributed by atoms with Crippen molar-refractivity contribution in [2.45, 2.75) is 6.54 Å². The van der Waals surface area contributed by atoms with Crippen LogP contribution in [0.15, 0.2) is 10.9 Å². The van der Waals surface area contributed by atoms with Gasteiger partial charge in [-0.05, 0) is 6.07 Å². The lowest BCUT2D eigenvalue weighted by Crippen LogP contribution is -2.35. The second kappa shape index (κ2) is 3.42. The maximum Gasteiger partial charge on any atom is 0.358 e. The van der Waals surface area contributed by atoms with Gasteiger partial charge in [0, 0.05) is 13.1 Å². The summed E-state index contributed by atoms with van der Waals surface area (Å²) in [5.41, 5.74) is -0.302. The molecule has 0 atom stereocenters. The van der Waals surface area contributed by atoms with E-state index in [1.54, 1.807) is 0 Å². The van der Waals surface area contributed by atoms with Gasteiger partial charge in [-0.15, -0.1) is 0 Å². The topological polar surface area (TPSA) is 117 Å². The molecular weight excluding hydrogens is 240 g/mol. The number of amides is 1. The summed E-state index contributed by atoms with van der Waals surface area (Å²) >= 11 is 0. The number of nitrogens with one attached hydrogen (secondary N) is 2. The zero-order chi connectivity index (χ0) is 12.9. The smallest absolute Gasteiger partial charge is 0.358 e. The molecule has 1 amide bonds. The quantitative estimate of drug-likeness (QED) is 0.608. The van der Waals surface area contributed by atoms with Crippen molar-refractivity contribution >= 4 is 22.8 Å². The molecule has 0 bridgehead atoms. The van der Waals surface area contributed by atoms with Crippen LogP contribution in [0.25, 0.3) is 10.9 Å². The minimum atomic E-state index is -1.25. The Labute approximate surface area is 99.2 Å². The molecule has 0 unspecified atom stereocenters. The molecule has 0 aromatic carbocycles.